The molecule has 0 radical (unpaired) electrons. The van der Waals surface area contributed by atoms with Gasteiger partial charge in [-0.25, -0.2) is 0 Å². The zero-order valence-corrected chi connectivity index (χ0v) is 45.0. The summed E-state index contributed by atoms with van der Waals surface area (Å²) >= 11 is 0. The van der Waals surface area contributed by atoms with Gasteiger partial charge in [0, 0.05) is 19.3 Å². The van der Waals surface area contributed by atoms with Gasteiger partial charge >= 0.3 is 17.9 Å². The monoisotopic (exact) mass is 959 g/mol. The zero-order chi connectivity index (χ0) is 50.0. The van der Waals surface area contributed by atoms with Crippen molar-refractivity contribution in [3.05, 3.63) is 97.2 Å². The smallest absolute Gasteiger partial charge is 0.306 e. The Hall–Kier alpha value is -3.67. The fraction of sp³-hybridized carbons (Fsp3) is 0.698. The van der Waals surface area contributed by atoms with Gasteiger partial charge in [-0.05, 0) is 64.2 Å². The molecule has 0 heterocycles. The summed E-state index contributed by atoms with van der Waals surface area (Å²) in [6.07, 6.45) is 75.3. The van der Waals surface area contributed by atoms with Crippen LogP contribution in [0, 0.1) is 0 Å². The minimum atomic E-state index is -0.798. The molecule has 1 unspecified atom stereocenters. The molecule has 0 saturated heterocycles. The van der Waals surface area contributed by atoms with E-state index in [1.807, 2.05) is 72.9 Å². The van der Waals surface area contributed by atoms with Gasteiger partial charge in [0.1, 0.15) is 13.2 Å². The number of carbonyl (C=O) groups excluding carboxylic acids is 3. The lowest BCUT2D eigenvalue weighted by Crippen LogP contribution is -2.30. The maximum absolute atomic E-state index is 12.9. The number of hydrogen-bond donors (Lipinski definition) is 0. The van der Waals surface area contributed by atoms with Crippen molar-refractivity contribution in [2.24, 2.45) is 0 Å². The Labute approximate surface area is 426 Å². The molecule has 0 aromatic heterocycles. The maximum Gasteiger partial charge on any atom is 0.306 e. The third-order valence-electron chi connectivity index (χ3n) is 12.3. The third kappa shape index (κ3) is 55.1. The lowest BCUT2D eigenvalue weighted by Gasteiger charge is -2.18. The van der Waals surface area contributed by atoms with E-state index in [0.29, 0.717) is 19.3 Å². The van der Waals surface area contributed by atoms with Crippen molar-refractivity contribution >= 4 is 17.9 Å². The molecule has 0 bridgehead atoms. The fourth-order valence-electron chi connectivity index (χ4n) is 7.95. The molecular weight excluding hydrogens is 853 g/mol. The van der Waals surface area contributed by atoms with Crippen LogP contribution in [0.5, 0.6) is 0 Å². The first-order chi connectivity index (χ1) is 34.0. The van der Waals surface area contributed by atoms with Gasteiger partial charge in [0.05, 0.1) is 0 Å². The number of esters is 3. The Morgan fingerprint density at radius 3 is 0.957 bits per heavy atom. The van der Waals surface area contributed by atoms with Gasteiger partial charge < -0.3 is 14.2 Å². The molecule has 0 aliphatic carbocycles. The summed E-state index contributed by atoms with van der Waals surface area (Å²) in [6, 6.07) is 0. The molecule has 6 nitrogen and oxygen atoms in total. The number of hydrogen-bond acceptors (Lipinski definition) is 6. The van der Waals surface area contributed by atoms with E-state index in [0.717, 1.165) is 70.6 Å². The van der Waals surface area contributed by atoms with Gasteiger partial charge in [-0.15, -0.1) is 0 Å². The summed E-state index contributed by atoms with van der Waals surface area (Å²) in [7, 11) is 0. The van der Waals surface area contributed by atoms with E-state index < -0.39 is 6.10 Å². The predicted octanol–water partition coefficient (Wildman–Crippen LogP) is 19.3. The number of unbranched alkanes of at least 4 members (excludes halogenated alkanes) is 30. The van der Waals surface area contributed by atoms with Gasteiger partial charge in [0.25, 0.3) is 0 Å². The van der Waals surface area contributed by atoms with Crippen LogP contribution in [0.3, 0.4) is 0 Å². The first-order valence-electron chi connectivity index (χ1n) is 28.8. The molecule has 6 heteroatoms. The van der Waals surface area contributed by atoms with Gasteiger partial charge in [-0.3, -0.25) is 14.4 Å². The molecule has 0 amide bonds. The lowest BCUT2D eigenvalue weighted by molar-refractivity contribution is -0.167. The molecule has 0 aromatic rings. The van der Waals surface area contributed by atoms with E-state index in [4.69, 9.17) is 14.2 Å². The third-order valence-corrected chi connectivity index (χ3v) is 12.3. The molecule has 394 valence electrons. The minimum Gasteiger partial charge on any atom is -0.462 e. The first kappa shape index (κ1) is 65.3. The molecule has 0 N–H and O–H groups in total. The summed E-state index contributed by atoms with van der Waals surface area (Å²) in [6.45, 7) is 6.46. The molecule has 0 aromatic carbocycles. The van der Waals surface area contributed by atoms with Crippen molar-refractivity contribution in [3.63, 3.8) is 0 Å². The SMILES string of the molecule is CC\C=C/C=C\C=C/C=C\C=C\C=C/C=C\CCCCCC(=O)OCC(COC(=O)CCCCCCCCC/C=C\CCCCCC)OC(=O)CCCCCCCCCCCCCCCCCCC. The van der Waals surface area contributed by atoms with Gasteiger partial charge in [-0.1, -0.05) is 279 Å². The van der Waals surface area contributed by atoms with Crippen LogP contribution in [-0.4, -0.2) is 37.2 Å². The van der Waals surface area contributed by atoms with Gasteiger partial charge in [0.15, 0.2) is 6.10 Å². The van der Waals surface area contributed by atoms with Crippen LogP contribution in [0.4, 0.5) is 0 Å². The van der Waals surface area contributed by atoms with Crippen molar-refractivity contribution in [3.8, 4) is 0 Å². The van der Waals surface area contributed by atoms with Crippen LogP contribution >= 0.6 is 0 Å². The zero-order valence-electron chi connectivity index (χ0n) is 45.0. The Morgan fingerprint density at radius 2 is 0.580 bits per heavy atom. The molecule has 0 aliphatic rings. The van der Waals surface area contributed by atoms with Gasteiger partial charge in [-0.2, -0.15) is 0 Å². The summed E-state index contributed by atoms with van der Waals surface area (Å²) in [4.78, 5) is 38.2. The lowest BCUT2D eigenvalue weighted by atomic mass is 10.0. The van der Waals surface area contributed by atoms with Crippen molar-refractivity contribution < 1.29 is 28.6 Å². The number of ether oxygens (including phenoxy) is 3. The molecular formula is C63H106O6. The average Bonchev–Trinajstić information content (AvgIpc) is 3.35. The Bertz CT molecular complexity index is 1380. The first-order valence-corrected chi connectivity index (χ1v) is 28.8. The second-order valence-electron chi connectivity index (χ2n) is 19.0. The van der Waals surface area contributed by atoms with Crippen molar-refractivity contribution in [1.82, 2.24) is 0 Å². The second-order valence-corrected chi connectivity index (χ2v) is 19.0. The van der Waals surface area contributed by atoms with Crippen LogP contribution in [0.1, 0.15) is 265 Å². The molecule has 0 spiro atoms. The summed E-state index contributed by atoms with van der Waals surface area (Å²) in [5, 5.41) is 0. The molecule has 0 saturated carbocycles. The normalized spacial score (nSPS) is 12.8. The van der Waals surface area contributed by atoms with E-state index in [-0.39, 0.29) is 31.1 Å². The fourth-order valence-corrected chi connectivity index (χ4v) is 7.95. The van der Waals surface area contributed by atoms with E-state index in [1.165, 1.54) is 154 Å². The van der Waals surface area contributed by atoms with E-state index in [2.05, 4.69) is 45.1 Å². The van der Waals surface area contributed by atoms with Gasteiger partial charge in [0.2, 0.25) is 0 Å². The topological polar surface area (TPSA) is 78.9 Å². The minimum absolute atomic E-state index is 0.0933. The highest BCUT2D eigenvalue weighted by molar-refractivity contribution is 5.71. The second kappa shape index (κ2) is 56.9. The summed E-state index contributed by atoms with van der Waals surface area (Å²) in [5.41, 5.74) is 0. The highest BCUT2D eigenvalue weighted by Gasteiger charge is 2.19. The van der Waals surface area contributed by atoms with Crippen LogP contribution in [0.25, 0.3) is 0 Å². The maximum atomic E-state index is 12.9. The number of allylic oxidation sites excluding steroid dienone is 16. The Kier molecular flexibility index (Phi) is 53.9. The highest BCUT2D eigenvalue weighted by Crippen LogP contribution is 2.16. The molecule has 0 aliphatic heterocycles. The van der Waals surface area contributed by atoms with E-state index in [9.17, 15) is 14.4 Å². The van der Waals surface area contributed by atoms with Crippen molar-refractivity contribution in [1.29, 1.82) is 0 Å². The van der Waals surface area contributed by atoms with Crippen molar-refractivity contribution in [2.45, 2.75) is 271 Å². The standard InChI is InChI=1S/C63H106O6/c1-4-7-10-13-16-19-22-25-28-30-31-33-35-38-41-44-47-50-53-56-62(65)68-59-60(58-67-61(64)55-52-49-46-43-40-37-34-27-24-21-18-15-12-9-6-3)69-63(66)57-54-51-48-45-42-39-36-32-29-26-23-20-17-14-11-8-5-2/h7,10,13,16,19,21-22,24-25,28,30-31,33,35,38,41,60H,4-6,8-9,11-12,14-15,17-18,20,23,26-27,29,32,34,36-37,39-40,42-59H2,1-3H3/b10-7-,16-13-,22-19-,24-21-,28-25-,31-30+,35-33-,41-38-. The number of rotatable bonds is 51. The van der Waals surface area contributed by atoms with Crippen LogP contribution in [-0.2, 0) is 28.6 Å². The van der Waals surface area contributed by atoms with Crippen LogP contribution in [0.2, 0.25) is 0 Å². The summed E-state index contributed by atoms with van der Waals surface area (Å²) in [5.74, 6) is -0.937. The molecule has 1 atom stereocenters. The van der Waals surface area contributed by atoms with E-state index in [1.54, 1.807) is 0 Å². The molecule has 0 fully saturated rings. The average molecular weight is 960 g/mol. The quantitative estimate of drug-likeness (QED) is 0.0199. The Balaban J connectivity index is 4.48. The highest BCUT2D eigenvalue weighted by atomic mass is 16.6. The number of carbonyl (C=O) groups is 3. The van der Waals surface area contributed by atoms with E-state index >= 15 is 0 Å². The Morgan fingerprint density at radius 1 is 0.304 bits per heavy atom. The molecule has 69 heavy (non-hydrogen) atoms. The van der Waals surface area contributed by atoms with Crippen LogP contribution < -0.4 is 0 Å². The van der Waals surface area contributed by atoms with Crippen molar-refractivity contribution in [2.75, 3.05) is 13.2 Å². The predicted molar refractivity (Wildman–Crippen MR) is 297 cm³/mol. The summed E-state index contributed by atoms with van der Waals surface area (Å²) < 4.78 is 16.8. The largest absolute Gasteiger partial charge is 0.462 e. The molecule has 0 rings (SSSR count). The van der Waals surface area contributed by atoms with Crippen LogP contribution in [0.15, 0.2) is 97.2 Å².